The molecule has 0 aliphatic heterocycles. The van der Waals surface area contributed by atoms with Gasteiger partial charge in [0, 0.05) is 7.11 Å². The van der Waals surface area contributed by atoms with E-state index in [-0.39, 0.29) is 6.61 Å². The predicted octanol–water partition coefficient (Wildman–Crippen LogP) is 4.61. The molecule has 0 spiro atoms. The van der Waals surface area contributed by atoms with E-state index in [0.29, 0.717) is 0 Å². The molecule has 0 aromatic heterocycles. The van der Waals surface area contributed by atoms with Gasteiger partial charge < -0.3 is 9.47 Å². The number of halogens is 6. The number of methoxy groups -OCH3 is 1. The molecule has 96 valence electrons. The highest BCUT2D eigenvalue weighted by Crippen LogP contribution is 2.58. The van der Waals surface area contributed by atoms with E-state index in [1.807, 2.05) is 0 Å². The normalized spacial score (nSPS) is 13.8. The summed E-state index contributed by atoms with van der Waals surface area (Å²) < 4.78 is 8.40. The lowest BCUT2D eigenvalue weighted by atomic mass is 10.2. The summed E-state index contributed by atoms with van der Waals surface area (Å²) in [5.41, 5.74) is -1.03. The molecule has 0 unspecified atom stereocenters. The van der Waals surface area contributed by atoms with E-state index in [1.54, 1.807) is 6.92 Å². The maximum absolute atomic E-state index is 11.5. The van der Waals surface area contributed by atoms with Crippen LogP contribution in [-0.4, -0.2) is 29.6 Å². The summed E-state index contributed by atoms with van der Waals surface area (Å²) in [6.07, 6.45) is 0. The Morgan fingerprint density at radius 1 is 1.06 bits per heavy atom. The molecule has 0 heterocycles. The predicted molar refractivity (Wildman–Crippen MR) is 85.4 cm³/mol. The highest BCUT2D eigenvalue weighted by atomic mass is 80.0. The molecular formula is C7H8Br6O3. The van der Waals surface area contributed by atoms with Gasteiger partial charge in [0.25, 0.3) is 0 Å². The molecule has 0 saturated carbocycles. The second-order valence-corrected chi connectivity index (χ2v) is 16.5. The Kier molecular flexibility index (Phi) is 7.61. The van der Waals surface area contributed by atoms with Crippen LogP contribution < -0.4 is 0 Å². The Bertz CT molecular complexity index is 242. The van der Waals surface area contributed by atoms with Crippen molar-refractivity contribution < 1.29 is 14.3 Å². The number of carbonyl (C=O) groups is 1. The standard InChI is InChI=1S/C7H8Br6O3/c1-5(6(8,9)10,7(11,12)13)16-4(14)3-15-2/h3H2,1-2H3. The number of carbonyl (C=O) groups excluding carboxylic acids is 1. The van der Waals surface area contributed by atoms with E-state index in [0.717, 1.165) is 0 Å². The van der Waals surface area contributed by atoms with E-state index in [1.165, 1.54) is 7.11 Å². The van der Waals surface area contributed by atoms with Crippen LogP contribution in [0.2, 0.25) is 0 Å². The van der Waals surface area contributed by atoms with Crippen LogP contribution in [0.3, 0.4) is 0 Å². The maximum atomic E-state index is 11.5. The average molecular weight is 620 g/mol. The molecule has 3 nitrogen and oxygen atoms in total. The summed E-state index contributed by atoms with van der Waals surface area (Å²) in [5.74, 6) is -0.490. The molecule has 0 aromatic carbocycles. The second kappa shape index (κ2) is 6.65. The van der Waals surface area contributed by atoms with Crippen LogP contribution in [-0.2, 0) is 14.3 Å². The van der Waals surface area contributed by atoms with Crippen molar-refractivity contribution in [2.24, 2.45) is 0 Å². The first-order valence-electron chi connectivity index (χ1n) is 3.80. The molecule has 0 aromatic rings. The summed E-state index contributed by atoms with van der Waals surface area (Å²) >= 11 is 20.1. The lowest BCUT2D eigenvalue weighted by molar-refractivity contribution is -0.160. The third kappa shape index (κ3) is 4.77. The van der Waals surface area contributed by atoms with Gasteiger partial charge in [0.1, 0.15) is 6.61 Å². The van der Waals surface area contributed by atoms with Gasteiger partial charge in [0.15, 0.2) is 9.89 Å². The molecule has 0 amide bonds. The fourth-order valence-corrected chi connectivity index (χ4v) is 5.32. The molecule has 0 fully saturated rings. The van der Waals surface area contributed by atoms with Crippen LogP contribution in [0.1, 0.15) is 6.92 Å². The van der Waals surface area contributed by atoms with Crippen LogP contribution in [0.15, 0.2) is 0 Å². The zero-order valence-electron chi connectivity index (χ0n) is 8.20. The first-order chi connectivity index (χ1) is 6.95. The average Bonchev–Trinajstić information content (AvgIpc) is 1.99. The number of rotatable bonds is 3. The largest absolute Gasteiger partial charge is 0.451 e. The fourth-order valence-electron chi connectivity index (χ4n) is 0.651. The Labute approximate surface area is 145 Å². The van der Waals surface area contributed by atoms with Crippen molar-refractivity contribution in [2.45, 2.75) is 16.8 Å². The smallest absolute Gasteiger partial charge is 0.332 e. The van der Waals surface area contributed by atoms with Gasteiger partial charge in [-0.3, -0.25) is 0 Å². The van der Waals surface area contributed by atoms with Crippen LogP contribution in [0.4, 0.5) is 0 Å². The van der Waals surface area contributed by atoms with E-state index in [4.69, 9.17) is 9.47 Å². The maximum Gasteiger partial charge on any atom is 0.332 e. The van der Waals surface area contributed by atoms with Crippen molar-refractivity contribution in [3.8, 4) is 0 Å². The topological polar surface area (TPSA) is 35.5 Å². The fraction of sp³-hybridized carbons (Fsp3) is 0.857. The summed E-state index contributed by atoms with van der Waals surface area (Å²) in [4.78, 5) is 11.5. The summed E-state index contributed by atoms with van der Waals surface area (Å²) in [6.45, 7) is 1.58. The molecule has 0 bridgehead atoms. The third-order valence-corrected chi connectivity index (χ3v) is 6.20. The summed E-state index contributed by atoms with van der Waals surface area (Å²) in [5, 5.41) is 0. The summed E-state index contributed by atoms with van der Waals surface area (Å²) in [6, 6.07) is 0. The van der Waals surface area contributed by atoms with Crippen molar-refractivity contribution >= 4 is 102 Å². The number of ether oxygens (including phenoxy) is 2. The number of alkyl halides is 6. The molecule has 0 aliphatic carbocycles. The molecule has 0 radical (unpaired) electrons. The minimum atomic E-state index is -1.03. The van der Waals surface area contributed by atoms with E-state index in [2.05, 4.69) is 95.6 Å². The minimum Gasteiger partial charge on any atom is -0.451 e. The highest BCUT2D eigenvalue weighted by molar-refractivity contribution is 9.40. The molecule has 0 saturated heterocycles. The van der Waals surface area contributed by atoms with Crippen LogP contribution in [0.25, 0.3) is 0 Å². The molecule has 0 rings (SSSR count). The molecule has 0 atom stereocenters. The summed E-state index contributed by atoms with van der Waals surface area (Å²) in [7, 11) is 1.42. The third-order valence-electron chi connectivity index (χ3n) is 1.66. The van der Waals surface area contributed by atoms with E-state index in [9.17, 15) is 4.79 Å². The van der Waals surface area contributed by atoms with Crippen LogP contribution in [0, 0.1) is 0 Å². The van der Waals surface area contributed by atoms with Crippen molar-refractivity contribution in [1.29, 1.82) is 0 Å². The van der Waals surface area contributed by atoms with Gasteiger partial charge in [-0.05, 0) is 6.92 Å². The van der Waals surface area contributed by atoms with Crippen LogP contribution >= 0.6 is 95.6 Å². The van der Waals surface area contributed by atoms with Gasteiger partial charge in [-0.15, -0.1) is 0 Å². The number of hydrogen-bond acceptors (Lipinski definition) is 3. The van der Waals surface area contributed by atoms with Crippen LogP contribution in [0.5, 0.6) is 0 Å². The van der Waals surface area contributed by atoms with E-state index >= 15 is 0 Å². The molecule has 0 N–H and O–H groups in total. The first-order valence-corrected chi connectivity index (χ1v) is 8.55. The Morgan fingerprint density at radius 3 is 1.69 bits per heavy atom. The Balaban J connectivity index is 5.06. The SMILES string of the molecule is COCC(=O)OC(C)(C(Br)(Br)Br)C(Br)(Br)Br. The van der Waals surface area contributed by atoms with Gasteiger partial charge in [-0.25, -0.2) is 4.79 Å². The molecule has 16 heavy (non-hydrogen) atoms. The Morgan fingerprint density at radius 2 is 1.44 bits per heavy atom. The van der Waals surface area contributed by atoms with Gasteiger partial charge >= 0.3 is 5.97 Å². The number of hydrogen-bond donors (Lipinski definition) is 0. The quantitative estimate of drug-likeness (QED) is 0.342. The minimum absolute atomic E-state index is 0.123. The highest BCUT2D eigenvalue weighted by Gasteiger charge is 2.58. The lowest BCUT2D eigenvalue weighted by Gasteiger charge is -2.42. The lowest BCUT2D eigenvalue weighted by Crippen LogP contribution is -2.53. The zero-order valence-corrected chi connectivity index (χ0v) is 17.7. The van der Waals surface area contributed by atoms with Crippen molar-refractivity contribution in [2.75, 3.05) is 13.7 Å². The molecule has 9 heteroatoms. The van der Waals surface area contributed by atoms with Gasteiger partial charge in [-0.2, -0.15) is 0 Å². The first kappa shape index (κ1) is 18.3. The Hall–Kier alpha value is 2.31. The monoisotopic (exact) mass is 614 g/mol. The molecular weight excluding hydrogens is 611 g/mol. The van der Waals surface area contributed by atoms with Gasteiger partial charge in [0.2, 0.25) is 0 Å². The zero-order chi connectivity index (χ0) is 13.2. The van der Waals surface area contributed by atoms with Crippen molar-refractivity contribution in [3.05, 3.63) is 0 Å². The van der Waals surface area contributed by atoms with Crippen molar-refractivity contribution in [3.63, 3.8) is 0 Å². The van der Waals surface area contributed by atoms with Gasteiger partial charge in [-0.1, -0.05) is 95.6 Å². The van der Waals surface area contributed by atoms with Gasteiger partial charge in [0.05, 0.1) is 0 Å². The molecule has 0 aliphatic rings. The second-order valence-electron chi connectivity index (χ2n) is 2.94. The number of esters is 1. The van der Waals surface area contributed by atoms with Crippen molar-refractivity contribution in [1.82, 2.24) is 0 Å². The van der Waals surface area contributed by atoms with E-state index < -0.39 is 15.9 Å².